The lowest BCUT2D eigenvalue weighted by Gasteiger charge is -2.14. The molecule has 26 heavy (non-hydrogen) atoms. The van der Waals surface area contributed by atoms with Crippen molar-refractivity contribution in [3.05, 3.63) is 70.9 Å². The van der Waals surface area contributed by atoms with Crippen LogP contribution in [0.5, 0.6) is 0 Å². The molecule has 0 spiro atoms. The van der Waals surface area contributed by atoms with Crippen LogP contribution in [0, 0.1) is 6.92 Å². The van der Waals surface area contributed by atoms with E-state index in [1.54, 1.807) is 19.1 Å². The highest BCUT2D eigenvalue weighted by atomic mass is 19.4. The molecule has 0 saturated heterocycles. The minimum atomic E-state index is -4.46. The van der Waals surface area contributed by atoms with Gasteiger partial charge in [-0.1, -0.05) is 31.2 Å². The van der Waals surface area contributed by atoms with Crippen molar-refractivity contribution in [1.82, 2.24) is 4.98 Å². The molecule has 6 heteroatoms. The van der Waals surface area contributed by atoms with Crippen LogP contribution in [-0.2, 0) is 12.6 Å². The maximum atomic E-state index is 12.9. The van der Waals surface area contributed by atoms with Crippen molar-refractivity contribution in [3.63, 3.8) is 0 Å². The number of aryl methyl sites for hydroxylation is 1. The Morgan fingerprint density at radius 2 is 1.85 bits per heavy atom. The molecule has 0 aliphatic rings. The number of fused-ring (bicyclic) bond motifs is 1. The van der Waals surface area contributed by atoms with Crippen LogP contribution >= 0.6 is 0 Å². The predicted octanol–water partition coefficient (Wildman–Crippen LogP) is 5.38. The first-order chi connectivity index (χ1) is 12.3. The fraction of sp³-hybridized carbons (Fsp3) is 0.200. The maximum absolute atomic E-state index is 12.9. The van der Waals surface area contributed by atoms with Crippen LogP contribution in [0.2, 0.25) is 0 Å². The van der Waals surface area contributed by atoms with Crippen LogP contribution in [0.25, 0.3) is 10.9 Å². The Kier molecular flexibility index (Phi) is 4.68. The van der Waals surface area contributed by atoms with Gasteiger partial charge in [0.15, 0.2) is 0 Å². The van der Waals surface area contributed by atoms with Gasteiger partial charge in [0, 0.05) is 16.8 Å². The van der Waals surface area contributed by atoms with E-state index >= 15 is 0 Å². The maximum Gasteiger partial charge on any atom is 0.416 e. The van der Waals surface area contributed by atoms with E-state index in [-0.39, 0.29) is 5.69 Å². The largest absolute Gasteiger partial charge is 0.416 e. The molecule has 1 aromatic heterocycles. The summed E-state index contributed by atoms with van der Waals surface area (Å²) < 4.78 is 38.6. The predicted molar refractivity (Wildman–Crippen MR) is 95.3 cm³/mol. The number of alkyl halides is 3. The zero-order valence-corrected chi connectivity index (χ0v) is 14.3. The number of carbonyl (C=O) groups excluding carboxylic acids is 1. The molecule has 2 aromatic carbocycles. The molecule has 0 aliphatic carbocycles. The van der Waals surface area contributed by atoms with E-state index in [1.807, 2.05) is 19.1 Å². The number of rotatable bonds is 3. The average molecular weight is 358 g/mol. The third kappa shape index (κ3) is 3.40. The second kappa shape index (κ2) is 6.78. The number of halogens is 3. The van der Waals surface area contributed by atoms with Crippen LogP contribution in [-0.4, -0.2) is 10.9 Å². The van der Waals surface area contributed by atoms with E-state index in [0.29, 0.717) is 22.9 Å². The van der Waals surface area contributed by atoms with Gasteiger partial charge in [0.25, 0.3) is 5.91 Å². The highest BCUT2D eigenvalue weighted by molar-refractivity contribution is 6.13. The van der Waals surface area contributed by atoms with E-state index in [4.69, 9.17) is 0 Å². The Bertz CT molecular complexity index is 980. The molecule has 134 valence electrons. The number of benzene rings is 2. The molecule has 0 atom stereocenters. The Balaban J connectivity index is 2.05. The number of amides is 1. The van der Waals surface area contributed by atoms with Crippen molar-refractivity contribution in [2.45, 2.75) is 26.4 Å². The van der Waals surface area contributed by atoms with Crippen molar-refractivity contribution < 1.29 is 18.0 Å². The molecule has 1 heterocycles. The molecule has 0 bridgehead atoms. The summed E-state index contributed by atoms with van der Waals surface area (Å²) in [5, 5.41) is 3.26. The van der Waals surface area contributed by atoms with Crippen molar-refractivity contribution in [2.75, 3.05) is 5.32 Å². The lowest BCUT2D eigenvalue weighted by molar-refractivity contribution is -0.137. The number of carbonyl (C=O) groups is 1. The minimum Gasteiger partial charge on any atom is -0.322 e. The highest BCUT2D eigenvalue weighted by Gasteiger charge is 2.30. The SMILES string of the molecule is CCc1nc2ccccc2c(C(=O)Nc2cccc(C(F)(F)F)c2)c1C. The van der Waals surface area contributed by atoms with Gasteiger partial charge in [-0.2, -0.15) is 13.2 Å². The van der Waals surface area contributed by atoms with Crippen molar-refractivity contribution in [2.24, 2.45) is 0 Å². The van der Waals surface area contributed by atoms with Crippen LogP contribution in [0.15, 0.2) is 48.5 Å². The molecule has 1 N–H and O–H groups in total. The Morgan fingerprint density at radius 1 is 1.12 bits per heavy atom. The van der Waals surface area contributed by atoms with Gasteiger partial charge in [-0.05, 0) is 43.2 Å². The summed E-state index contributed by atoms with van der Waals surface area (Å²) in [4.78, 5) is 17.4. The first-order valence-corrected chi connectivity index (χ1v) is 8.18. The van der Waals surface area contributed by atoms with Crippen molar-refractivity contribution in [3.8, 4) is 0 Å². The van der Waals surface area contributed by atoms with Crippen molar-refractivity contribution in [1.29, 1.82) is 0 Å². The van der Waals surface area contributed by atoms with Gasteiger partial charge in [-0.15, -0.1) is 0 Å². The molecule has 1 amide bonds. The Morgan fingerprint density at radius 3 is 2.54 bits per heavy atom. The first-order valence-electron chi connectivity index (χ1n) is 8.18. The fourth-order valence-corrected chi connectivity index (χ4v) is 2.96. The van der Waals surface area contributed by atoms with Gasteiger partial charge < -0.3 is 5.32 Å². The zero-order valence-electron chi connectivity index (χ0n) is 14.3. The van der Waals surface area contributed by atoms with Gasteiger partial charge in [-0.25, -0.2) is 0 Å². The summed E-state index contributed by atoms with van der Waals surface area (Å²) in [6.07, 6.45) is -3.81. The zero-order chi connectivity index (χ0) is 18.9. The van der Waals surface area contributed by atoms with E-state index in [2.05, 4.69) is 10.3 Å². The van der Waals surface area contributed by atoms with E-state index in [1.165, 1.54) is 12.1 Å². The van der Waals surface area contributed by atoms with Gasteiger partial charge in [0.1, 0.15) is 0 Å². The summed E-state index contributed by atoms with van der Waals surface area (Å²) in [5.74, 6) is -0.449. The molecular weight excluding hydrogens is 341 g/mol. The number of aromatic nitrogens is 1. The Hall–Kier alpha value is -2.89. The number of nitrogens with one attached hydrogen (secondary N) is 1. The van der Waals surface area contributed by atoms with E-state index < -0.39 is 17.6 Å². The second-order valence-corrected chi connectivity index (χ2v) is 5.96. The average Bonchev–Trinajstić information content (AvgIpc) is 2.60. The van der Waals surface area contributed by atoms with Crippen LogP contribution in [0.3, 0.4) is 0 Å². The van der Waals surface area contributed by atoms with E-state index in [0.717, 1.165) is 23.4 Å². The topological polar surface area (TPSA) is 42.0 Å². The third-order valence-electron chi connectivity index (χ3n) is 4.25. The highest BCUT2D eigenvalue weighted by Crippen LogP contribution is 2.31. The molecule has 0 fully saturated rings. The van der Waals surface area contributed by atoms with Crippen LogP contribution in [0.4, 0.5) is 18.9 Å². The number of pyridine rings is 1. The molecule has 0 saturated carbocycles. The van der Waals surface area contributed by atoms with E-state index in [9.17, 15) is 18.0 Å². The number of nitrogens with zero attached hydrogens (tertiary/aromatic N) is 1. The molecule has 0 unspecified atom stereocenters. The second-order valence-electron chi connectivity index (χ2n) is 5.96. The van der Waals surface area contributed by atoms with Crippen molar-refractivity contribution >= 4 is 22.5 Å². The smallest absolute Gasteiger partial charge is 0.322 e. The van der Waals surface area contributed by atoms with Gasteiger partial charge in [0.2, 0.25) is 0 Å². The number of para-hydroxylation sites is 1. The number of hydrogen-bond donors (Lipinski definition) is 1. The lowest BCUT2D eigenvalue weighted by atomic mass is 9.99. The Labute approximate surface area is 148 Å². The lowest BCUT2D eigenvalue weighted by Crippen LogP contribution is -2.16. The van der Waals surface area contributed by atoms with Gasteiger partial charge >= 0.3 is 6.18 Å². The quantitative estimate of drug-likeness (QED) is 0.683. The van der Waals surface area contributed by atoms with Crippen LogP contribution < -0.4 is 5.32 Å². The molecule has 3 rings (SSSR count). The number of anilines is 1. The first kappa shape index (κ1) is 17.9. The minimum absolute atomic E-state index is 0.100. The summed E-state index contributed by atoms with van der Waals surface area (Å²) in [7, 11) is 0. The summed E-state index contributed by atoms with van der Waals surface area (Å²) in [5.41, 5.74) is 1.94. The fourth-order valence-electron chi connectivity index (χ4n) is 2.96. The molecule has 0 aliphatic heterocycles. The van der Waals surface area contributed by atoms with Crippen LogP contribution in [0.1, 0.15) is 34.1 Å². The summed E-state index contributed by atoms with van der Waals surface area (Å²) >= 11 is 0. The molecule has 0 radical (unpaired) electrons. The number of hydrogen-bond acceptors (Lipinski definition) is 2. The molecular formula is C20H17F3N2O. The molecule has 3 aromatic rings. The van der Waals surface area contributed by atoms with Gasteiger partial charge in [-0.3, -0.25) is 9.78 Å². The summed E-state index contributed by atoms with van der Waals surface area (Å²) in [6, 6.07) is 11.8. The monoisotopic (exact) mass is 358 g/mol. The standard InChI is InChI=1S/C20H17F3N2O/c1-3-16-12(2)18(15-9-4-5-10-17(15)25-16)19(26)24-14-8-6-7-13(11-14)20(21,22)23/h4-11H,3H2,1-2H3,(H,24,26). The summed E-state index contributed by atoms with van der Waals surface area (Å²) in [6.45, 7) is 3.75. The molecule has 3 nitrogen and oxygen atoms in total. The van der Waals surface area contributed by atoms with Gasteiger partial charge in [0.05, 0.1) is 16.6 Å². The third-order valence-corrected chi connectivity index (χ3v) is 4.25. The normalized spacial score (nSPS) is 11.6.